The van der Waals surface area contributed by atoms with Crippen molar-refractivity contribution < 1.29 is 57.1 Å². The Kier molecular flexibility index (Phi) is 15.0. The first-order valence-electron chi connectivity index (χ1n) is 16.5. The maximum atomic E-state index is 12.7. The van der Waals surface area contributed by atoms with Crippen molar-refractivity contribution in [2.75, 3.05) is 42.7 Å². The summed E-state index contributed by atoms with van der Waals surface area (Å²) < 4.78 is 42.6. The number of amides is 2. The van der Waals surface area contributed by atoms with Gasteiger partial charge in [0, 0.05) is 12.8 Å². The quantitative estimate of drug-likeness (QED) is 0.0602. The van der Waals surface area contributed by atoms with E-state index < -0.39 is 11.9 Å². The number of carbonyl (C=O) groups excluding carboxylic acids is 4. The lowest BCUT2D eigenvalue weighted by molar-refractivity contribution is -0.122. The summed E-state index contributed by atoms with van der Waals surface area (Å²) in [5.74, 6) is 0.514. The summed E-state index contributed by atoms with van der Waals surface area (Å²) in [7, 11) is 8.71. The lowest BCUT2D eigenvalue weighted by atomic mass is 10.2. The average Bonchev–Trinajstić information content (AvgIpc) is 3.20. The van der Waals surface area contributed by atoms with Gasteiger partial charge in [-0.1, -0.05) is 0 Å². The van der Waals surface area contributed by atoms with Crippen LogP contribution in [0.5, 0.6) is 46.0 Å². The number of nitrogens with one attached hydrogen (secondary N) is 2. The molecule has 0 atom stereocenters. The van der Waals surface area contributed by atoms with Gasteiger partial charge in [0.05, 0.1) is 66.2 Å². The Labute approximate surface area is 316 Å². The van der Waals surface area contributed by atoms with E-state index in [4.69, 9.17) is 37.9 Å². The molecule has 0 radical (unpaired) electrons. The number of hydrazone groups is 2. The van der Waals surface area contributed by atoms with E-state index in [1.807, 2.05) is 0 Å². The van der Waals surface area contributed by atoms with Crippen molar-refractivity contribution in [2.45, 2.75) is 19.3 Å². The van der Waals surface area contributed by atoms with Crippen molar-refractivity contribution in [3.05, 3.63) is 95.1 Å². The minimum absolute atomic E-state index is 0.0561. The number of ether oxygens (including phenoxy) is 8. The third kappa shape index (κ3) is 11.4. The van der Waals surface area contributed by atoms with Gasteiger partial charge in [-0.15, -0.1) is 0 Å². The van der Waals surface area contributed by atoms with Gasteiger partial charge in [0.25, 0.3) is 0 Å². The van der Waals surface area contributed by atoms with Crippen LogP contribution in [0.15, 0.2) is 83.0 Å². The number of benzene rings is 4. The van der Waals surface area contributed by atoms with Gasteiger partial charge in [-0.3, -0.25) is 9.59 Å². The first-order chi connectivity index (χ1) is 26.6. The molecule has 16 heteroatoms. The van der Waals surface area contributed by atoms with Crippen LogP contribution in [0.4, 0.5) is 0 Å². The monoisotopic (exact) mass is 756 g/mol. The molecular weight excluding hydrogens is 716 g/mol. The molecule has 0 spiro atoms. The SMILES string of the molecule is COc1cc(C(=O)Oc2ccc(/C=N\NC(=O)CCCC(=O)N/N=C/c3ccc(OC(=O)c4cc(OC)c(OC)c(OC)c4)cc3)cc2)cc(OC)c1OC. The molecule has 288 valence electrons. The van der Waals surface area contributed by atoms with Crippen LogP contribution in [0, 0.1) is 0 Å². The lowest BCUT2D eigenvalue weighted by Crippen LogP contribution is -2.20. The van der Waals surface area contributed by atoms with Crippen molar-refractivity contribution >= 4 is 36.2 Å². The Balaban J connectivity index is 1.16. The van der Waals surface area contributed by atoms with Crippen molar-refractivity contribution in [1.82, 2.24) is 10.9 Å². The zero-order chi connectivity index (χ0) is 39.7. The van der Waals surface area contributed by atoms with Crippen LogP contribution < -0.4 is 48.7 Å². The molecule has 2 N–H and O–H groups in total. The molecule has 4 aromatic carbocycles. The first-order valence-corrected chi connectivity index (χ1v) is 16.5. The Hall–Kier alpha value is -7.10. The molecule has 16 nitrogen and oxygen atoms in total. The number of methoxy groups -OCH3 is 6. The molecule has 0 saturated carbocycles. The Bertz CT molecular complexity index is 1830. The molecule has 0 aliphatic rings. The van der Waals surface area contributed by atoms with Crippen molar-refractivity contribution in [1.29, 1.82) is 0 Å². The fourth-order valence-corrected chi connectivity index (χ4v) is 4.85. The second-order valence-corrected chi connectivity index (χ2v) is 11.2. The number of carbonyl (C=O) groups is 4. The van der Waals surface area contributed by atoms with E-state index in [-0.39, 0.29) is 53.7 Å². The number of rotatable bonds is 18. The normalized spacial score (nSPS) is 10.7. The second kappa shape index (κ2) is 20.2. The summed E-state index contributed by atoms with van der Waals surface area (Å²) in [5, 5.41) is 7.87. The Morgan fingerprint density at radius 3 is 1.13 bits per heavy atom. The molecule has 0 bridgehead atoms. The van der Waals surface area contributed by atoms with Crippen LogP contribution in [-0.2, 0) is 9.59 Å². The van der Waals surface area contributed by atoms with Gasteiger partial charge in [0.1, 0.15) is 11.5 Å². The minimum atomic E-state index is -0.629. The molecule has 0 saturated heterocycles. The second-order valence-electron chi connectivity index (χ2n) is 11.2. The highest BCUT2D eigenvalue weighted by molar-refractivity contribution is 5.94. The molecular formula is C39H40N4O12. The third-order valence-corrected chi connectivity index (χ3v) is 7.60. The van der Waals surface area contributed by atoms with Crippen LogP contribution >= 0.6 is 0 Å². The zero-order valence-corrected chi connectivity index (χ0v) is 31.0. The zero-order valence-electron chi connectivity index (χ0n) is 31.0. The van der Waals surface area contributed by atoms with Gasteiger partial charge >= 0.3 is 11.9 Å². The summed E-state index contributed by atoms with van der Waals surface area (Å²) in [5.41, 5.74) is 6.50. The molecule has 0 aromatic heterocycles. The van der Waals surface area contributed by atoms with E-state index >= 15 is 0 Å². The molecule has 0 heterocycles. The molecule has 0 aliphatic carbocycles. The highest BCUT2D eigenvalue weighted by Crippen LogP contribution is 2.39. The number of hydrogen-bond donors (Lipinski definition) is 2. The van der Waals surface area contributed by atoms with E-state index in [1.54, 1.807) is 48.5 Å². The molecule has 0 unspecified atom stereocenters. The highest BCUT2D eigenvalue weighted by atomic mass is 16.6. The van der Waals surface area contributed by atoms with Crippen molar-refractivity contribution in [3.8, 4) is 46.0 Å². The number of hydrogen-bond acceptors (Lipinski definition) is 14. The standard InChI is InChI=1S/C39H40N4O12/c1-48-30-18-26(19-31(49-2)36(30)52-5)38(46)54-28-14-10-24(11-15-28)22-40-42-34(44)8-7-9-35(45)43-41-23-25-12-16-29(17-13-25)55-39(47)27-20-32(50-3)37(53-6)33(21-27)51-4/h10-23H,7-9H2,1-6H3,(H,42,44)(H,43,45)/b40-22-,41-23+. The fourth-order valence-electron chi connectivity index (χ4n) is 4.85. The van der Waals surface area contributed by atoms with E-state index in [2.05, 4.69) is 21.1 Å². The first kappa shape index (κ1) is 40.7. The molecule has 55 heavy (non-hydrogen) atoms. The van der Waals surface area contributed by atoms with Gasteiger partial charge in [-0.05, 0) is 90.3 Å². The summed E-state index contributed by atoms with van der Waals surface area (Å²) in [4.78, 5) is 49.9. The van der Waals surface area contributed by atoms with Crippen LogP contribution in [0.25, 0.3) is 0 Å². The summed E-state index contributed by atoms with van der Waals surface area (Å²) in [6.07, 6.45) is 3.23. The van der Waals surface area contributed by atoms with Gasteiger partial charge in [0.15, 0.2) is 23.0 Å². The van der Waals surface area contributed by atoms with Crippen LogP contribution in [0.1, 0.15) is 51.1 Å². The Morgan fingerprint density at radius 2 is 0.836 bits per heavy atom. The molecule has 4 aromatic rings. The average molecular weight is 757 g/mol. The topological polar surface area (TPSA) is 191 Å². The molecule has 4 rings (SSSR count). The van der Waals surface area contributed by atoms with Gasteiger partial charge in [0.2, 0.25) is 23.3 Å². The van der Waals surface area contributed by atoms with Gasteiger partial charge in [-0.25, -0.2) is 20.4 Å². The number of esters is 2. The maximum absolute atomic E-state index is 12.7. The summed E-state index contributed by atoms with van der Waals surface area (Å²) >= 11 is 0. The van der Waals surface area contributed by atoms with Gasteiger partial charge in [-0.2, -0.15) is 10.2 Å². The third-order valence-electron chi connectivity index (χ3n) is 7.60. The van der Waals surface area contributed by atoms with E-state index in [0.717, 1.165) is 0 Å². The van der Waals surface area contributed by atoms with Crippen LogP contribution in [0.3, 0.4) is 0 Å². The number of nitrogens with zero attached hydrogens (tertiary/aromatic N) is 2. The molecule has 2 amide bonds. The predicted octanol–water partition coefficient (Wildman–Crippen LogP) is 4.95. The Morgan fingerprint density at radius 1 is 0.509 bits per heavy atom. The van der Waals surface area contributed by atoms with E-state index in [1.165, 1.54) is 79.4 Å². The van der Waals surface area contributed by atoms with Gasteiger partial charge < -0.3 is 37.9 Å². The van der Waals surface area contributed by atoms with Crippen molar-refractivity contribution in [2.24, 2.45) is 10.2 Å². The smallest absolute Gasteiger partial charge is 0.343 e. The van der Waals surface area contributed by atoms with E-state index in [9.17, 15) is 19.2 Å². The predicted molar refractivity (Wildman–Crippen MR) is 200 cm³/mol. The largest absolute Gasteiger partial charge is 0.493 e. The fraction of sp³-hybridized carbons (Fsp3) is 0.231. The van der Waals surface area contributed by atoms with Crippen LogP contribution in [-0.4, -0.2) is 78.8 Å². The molecule has 0 aliphatic heterocycles. The van der Waals surface area contributed by atoms with Crippen molar-refractivity contribution in [3.63, 3.8) is 0 Å². The summed E-state index contributed by atoms with van der Waals surface area (Å²) in [6, 6.07) is 18.9. The highest BCUT2D eigenvalue weighted by Gasteiger charge is 2.20. The minimum Gasteiger partial charge on any atom is -0.493 e. The lowest BCUT2D eigenvalue weighted by Gasteiger charge is -2.13. The molecule has 0 fully saturated rings. The summed E-state index contributed by atoms with van der Waals surface area (Å²) in [6.45, 7) is 0. The van der Waals surface area contributed by atoms with Crippen LogP contribution in [0.2, 0.25) is 0 Å². The maximum Gasteiger partial charge on any atom is 0.343 e. The van der Waals surface area contributed by atoms with E-state index in [0.29, 0.717) is 45.6 Å².